The van der Waals surface area contributed by atoms with Gasteiger partial charge in [0.1, 0.15) is 5.75 Å². The van der Waals surface area contributed by atoms with Crippen LogP contribution in [0, 0.1) is 0 Å². The van der Waals surface area contributed by atoms with Gasteiger partial charge >= 0.3 is 0 Å². The van der Waals surface area contributed by atoms with Gasteiger partial charge in [0.15, 0.2) is 5.78 Å². The summed E-state index contributed by atoms with van der Waals surface area (Å²) < 4.78 is 0. The van der Waals surface area contributed by atoms with Crippen LogP contribution in [0.2, 0.25) is 0 Å². The molecule has 0 spiro atoms. The third-order valence-electron chi connectivity index (χ3n) is 5.21. The van der Waals surface area contributed by atoms with Crippen LogP contribution in [0.25, 0.3) is 10.8 Å². The van der Waals surface area contributed by atoms with Crippen LogP contribution in [-0.2, 0) is 0 Å². The van der Waals surface area contributed by atoms with Gasteiger partial charge in [-0.3, -0.25) is 4.79 Å². The Labute approximate surface area is 158 Å². The van der Waals surface area contributed by atoms with Gasteiger partial charge in [-0.1, -0.05) is 95.4 Å². The summed E-state index contributed by atoms with van der Waals surface area (Å²) in [6.07, 6.45) is 14.8. The number of benzene rings is 2. The van der Waals surface area contributed by atoms with Gasteiger partial charge in [-0.2, -0.15) is 0 Å². The quantitative estimate of drug-likeness (QED) is 0.300. The van der Waals surface area contributed by atoms with Gasteiger partial charge in [0.25, 0.3) is 0 Å². The van der Waals surface area contributed by atoms with Gasteiger partial charge in [0.2, 0.25) is 0 Å². The Morgan fingerprint density at radius 2 is 1.27 bits per heavy atom. The molecule has 0 aliphatic heterocycles. The van der Waals surface area contributed by atoms with Gasteiger partial charge < -0.3 is 5.11 Å². The number of carbonyl (C=O) groups excluding carboxylic acids is 1. The lowest BCUT2D eigenvalue weighted by atomic mass is 9.97. The predicted octanol–water partition coefficient (Wildman–Crippen LogP) is 7.43. The second kappa shape index (κ2) is 11.7. The smallest absolute Gasteiger partial charge is 0.163 e. The summed E-state index contributed by atoms with van der Waals surface area (Å²) in [5.41, 5.74) is 0.741. The Balaban J connectivity index is 1.63. The molecule has 0 atom stereocenters. The van der Waals surface area contributed by atoms with E-state index in [-0.39, 0.29) is 11.5 Å². The molecular formula is C24H34O2. The number of Topliss-reactive ketones (excluding diaryl/α,β-unsaturated/α-hetero) is 1. The van der Waals surface area contributed by atoms with E-state index in [0.29, 0.717) is 6.42 Å². The van der Waals surface area contributed by atoms with Crippen molar-refractivity contribution in [2.24, 2.45) is 0 Å². The topological polar surface area (TPSA) is 37.3 Å². The van der Waals surface area contributed by atoms with E-state index in [1.54, 1.807) is 12.1 Å². The van der Waals surface area contributed by atoms with Gasteiger partial charge in [-0.15, -0.1) is 0 Å². The fourth-order valence-corrected chi connectivity index (χ4v) is 3.61. The van der Waals surface area contributed by atoms with Crippen molar-refractivity contribution < 1.29 is 9.90 Å². The first-order chi connectivity index (χ1) is 12.7. The highest BCUT2D eigenvalue weighted by Crippen LogP contribution is 2.28. The molecule has 26 heavy (non-hydrogen) atoms. The Hall–Kier alpha value is -1.83. The number of carbonyl (C=O) groups is 1. The van der Waals surface area contributed by atoms with Crippen molar-refractivity contribution in [3.05, 3.63) is 42.0 Å². The second-order valence-electron chi connectivity index (χ2n) is 7.39. The van der Waals surface area contributed by atoms with E-state index in [0.717, 1.165) is 29.2 Å². The summed E-state index contributed by atoms with van der Waals surface area (Å²) in [4.78, 5) is 12.5. The molecule has 2 aromatic rings. The summed E-state index contributed by atoms with van der Waals surface area (Å²) in [6, 6.07) is 11.0. The van der Waals surface area contributed by atoms with Crippen molar-refractivity contribution in [2.45, 2.75) is 84.0 Å². The molecule has 0 heterocycles. The summed E-state index contributed by atoms with van der Waals surface area (Å²) in [5.74, 6) is 0.434. The minimum Gasteiger partial charge on any atom is -0.507 e. The highest BCUT2D eigenvalue weighted by molar-refractivity contribution is 6.09. The molecule has 0 aliphatic carbocycles. The number of hydrogen-bond donors (Lipinski definition) is 1. The molecule has 0 aliphatic rings. The third-order valence-corrected chi connectivity index (χ3v) is 5.21. The van der Waals surface area contributed by atoms with Crippen LogP contribution < -0.4 is 0 Å². The zero-order valence-corrected chi connectivity index (χ0v) is 16.3. The van der Waals surface area contributed by atoms with E-state index in [4.69, 9.17) is 0 Å². The van der Waals surface area contributed by atoms with Gasteiger partial charge in [-0.05, 0) is 23.9 Å². The number of phenolic OH excluding ortho intramolecular Hbond substituents is 1. The highest BCUT2D eigenvalue weighted by atomic mass is 16.3. The Morgan fingerprint density at radius 1 is 0.731 bits per heavy atom. The van der Waals surface area contributed by atoms with E-state index in [9.17, 15) is 9.90 Å². The average Bonchev–Trinajstić information content (AvgIpc) is 2.66. The number of rotatable bonds is 13. The second-order valence-corrected chi connectivity index (χ2v) is 7.39. The molecule has 0 saturated heterocycles. The first kappa shape index (κ1) is 20.5. The molecule has 0 fully saturated rings. The third kappa shape index (κ3) is 6.48. The van der Waals surface area contributed by atoms with Gasteiger partial charge in [0, 0.05) is 17.4 Å². The van der Waals surface area contributed by atoms with Crippen molar-refractivity contribution in [3.8, 4) is 5.75 Å². The molecule has 0 amide bonds. The summed E-state index contributed by atoms with van der Waals surface area (Å²) in [7, 11) is 0. The molecular weight excluding hydrogens is 320 g/mol. The fourth-order valence-electron chi connectivity index (χ4n) is 3.61. The van der Waals surface area contributed by atoms with E-state index in [1.807, 2.05) is 24.3 Å². The monoisotopic (exact) mass is 354 g/mol. The highest BCUT2D eigenvalue weighted by Gasteiger charge is 2.11. The predicted molar refractivity (Wildman–Crippen MR) is 111 cm³/mol. The van der Waals surface area contributed by atoms with Crippen molar-refractivity contribution in [2.75, 3.05) is 0 Å². The molecule has 2 rings (SSSR count). The molecule has 0 bridgehead atoms. The fraction of sp³-hybridized carbons (Fsp3) is 0.542. The van der Waals surface area contributed by atoms with E-state index >= 15 is 0 Å². The number of hydrogen-bond acceptors (Lipinski definition) is 2. The first-order valence-electron chi connectivity index (χ1n) is 10.5. The number of aromatic hydroxyl groups is 1. The maximum atomic E-state index is 12.5. The summed E-state index contributed by atoms with van der Waals surface area (Å²) in [6.45, 7) is 2.26. The molecule has 142 valence electrons. The molecule has 0 radical (unpaired) electrons. The largest absolute Gasteiger partial charge is 0.507 e. The maximum absolute atomic E-state index is 12.5. The first-order valence-corrected chi connectivity index (χ1v) is 10.5. The van der Waals surface area contributed by atoms with Crippen molar-refractivity contribution in [3.63, 3.8) is 0 Å². The number of phenols is 1. The molecule has 2 heteroatoms. The van der Waals surface area contributed by atoms with E-state index < -0.39 is 0 Å². The van der Waals surface area contributed by atoms with Crippen LogP contribution in [0.3, 0.4) is 0 Å². The minimum atomic E-state index is 0.192. The van der Waals surface area contributed by atoms with Crippen LogP contribution in [0.15, 0.2) is 36.4 Å². The SMILES string of the molecule is CCCCCCCCCCCCCC(=O)c1ccc(O)c2ccccc12. The average molecular weight is 355 g/mol. The lowest BCUT2D eigenvalue weighted by Crippen LogP contribution is -2.00. The molecule has 0 unspecified atom stereocenters. The van der Waals surface area contributed by atoms with Crippen molar-refractivity contribution >= 4 is 16.6 Å². The number of unbranched alkanes of at least 4 members (excludes halogenated alkanes) is 10. The molecule has 2 nitrogen and oxygen atoms in total. The Morgan fingerprint density at radius 3 is 1.88 bits per heavy atom. The van der Waals surface area contributed by atoms with Crippen LogP contribution in [0.1, 0.15) is 94.3 Å². The normalized spacial score (nSPS) is 11.1. The summed E-state index contributed by atoms with van der Waals surface area (Å²) in [5, 5.41) is 11.6. The number of fused-ring (bicyclic) bond motifs is 1. The molecule has 1 N–H and O–H groups in total. The van der Waals surface area contributed by atoms with Crippen molar-refractivity contribution in [1.82, 2.24) is 0 Å². The standard InChI is InChI=1S/C24H34O2/c1-2-3-4-5-6-7-8-9-10-11-12-17-23(25)22-18-19-24(26)21-16-14-13-15-20(21)22/h13-16,18-19,26H,2-12,17H2,1H3. The lowest BCUT2D eigenvalue weighted by Gasteiger charge is -2.07. The zero-order valence-electron chi connectivity index (χ0n) is 16.3. The van der Waals surface area contributed by atoms with Crippen LogP contribution in [0.5, 0.6) is 5.75 Å². The molecule has 0 aromatic heterocycles. The van der Waals surface area contributed by atoms with Gasteiger partial charge in [0.05, 0.1) is 0 Å². The van der Waals surface area contributed by atoms with Crippen LogP contribution in [-0.4, -0.2) is 10.9 Å². The van der Waals surface area contributed by atoms with Gasteiger partial charge in [-0.25, -0.2) is 0 Å². The van der Waals surface area contributed by atoms with Crippen LogP contribution >= 0.6 is 0 Å². The lowest BCUT2D eigenvalue weighted by molar-refractivity contribution is 0.0980. The Bertz CT molecular complexity index is 675. The minimum absolute atomic E-state index is 0.192. The van der Waals surface area contributed by atoms with Crippen LogP contribution in [0.4, 0.5) is 0 Å². The summed E-state index contributed by atoms with van der Waals surface area (Å²) >= 11 is 0. The number of ketones is 1. The maximum Gasteiger partial charge on any atom is 0.163 e. The van der Waals surface area contributed by atoms with Crippen molar-refractivity contribution in [1.29, 1.82) is 0 Å². The molecule has 2 aromatic carbocycles. The zero-order chi connectivity index (χ0) is 18.6. The Kier molecular flexibility index (Phi) is 9.23. The van der Waals surface area contributed by atoms with E-state index in [2.05, 4.69) is 6.92 Å². The van der Waals surface area contributed by atoms with E-state index in [1.165, 1.54) is 57.8 Å². The molecule has 0 saturated carbocycles.